The third kappa shape index (κ3) is 5.14. The molecule has 0 aromatic heterocycles. The monoisotopic (exact) mass is 326 g/mol. The van der Waals surface area contributed by atoms with Crippen molar-refractivity contribution in [1.29, 1.82) is 0 Å². The molecule has 0 aromatic rings. The van der Waals surface area contributed by atoms with Gasteiger partial charge >= 0.3 is 0 Å². The third-order valence-corrected chi connectivity index (χ3v) is 6.14. The Balaban J connectivity index is 1.96. The van der Waals surface area contributed by atoms with Gasteiger partial charge in [0.1, 0.15) is 0 Å². The lowest BCUT2D eigenvalue weighted by atomic mass is 10.0. The smallest absolute Gasteiger partial charge is 0.159 e. The number of hydrogen-bond donors (Lipinski definition) is 0. The van der Waals surface area contributed by atoms with Gasteiger partial charge in [0.05, 0.1) is 0 Å². The first-order valence-electron chi connectivity index (χ1n) is 9.17. The largest absolute Gasteiger partial charge is 0.347 e. The van der Waals surface area contributed by atoms with Crippen LogP contribution in [-0.2, 0) is 0 Å². The van der Waals surface area contributed by atoms with E-state index >= 15 is 0 Å². The quantitative estimate of drug-likeness (QED) is 0.717. The fourth-order valence-electron chi connectivity index (χ4n) is 3.39. The molecule has 1 saturated heterocycles. The van der Waals surface area contributed by atoms with Gasteiger partial charge in [-0.3, -0.25) is 4.99 Å². The number of likely N-dealkylation sites (N-methyl/N-ethyl adjacent to an activating group) is 1. The number of nitrogens with zero attached hydrogens (tertiary/aromatic N) is 4. The predicted octanol–water partition coefficient (Wildman–Crippen LogP) is 2.61. The number of piperidine rings is 1. The molecule has 0 bridgehead atoms. The summed E-state index contributed by atoms with van der Waals surface area (Å²) in [4.78, 5) is 12.6. The molecule has 0 unspecified atom stereocenters. The molecule has 2 heterocycles. The van der Waals surface area contributed by atoms with E-state index in [0.29, 0.717) is 6.04 Å². The zero-order valence-electron chi connectivity index (χ0n) is 14.8. The summed E-state index contributed by atoms with van der Waals surface area (Å²) >= 11 is 1.98. The number of hydrogen-bond acceptors (Lipinski definition) is 5. The number of aliphatic imine (C=N–C) groups is 1. The Morgan fingerprint density at radius 2 is 1.86 bits per heavy atom. The molecule has 0 aliphatic carbocycles. The van der Waals surface area contributed by atoms with Crippen molar-refractivity contribution in [3.63, 3.8) is 0 Å². The van der Waals surface area contributed by atoms with Crippen molar-refractivity contribution < 1.29 is 0 Å². The van der Waals surface area contributed by atoms with Gasteiger partial charge in [0.2, 0.25) is 0 Å². The van der Waals surface area contributed by atoms with Crippen LogP contribution < -0.4 is 0 Å². The first-order chi connectivity index (χ1) is 10.8. The van der Waals surface area contributed by atoms with Crippen molar-refractivity contribution >= 4 is 16.9 Å². The second kappa shape index (κ2) is 9.78. The van der Waals surface area contributed by atoms with Crippen molar-refractivity contribution in [2.24, 2.45) is 4.99 Å². The van der Waals surface area contributed by atoms with E-state index in [0.717, 1.165) is 26.2 Å². The fourth-order valence-corrected chi connectivity index (χ4v) is 4.44. The van der Waals surface area contributed by atoms with Gasteiger partial charge in [0, 0.05) is 44.5 Å². The number of amidine groups is 1. The lowest BCUT2D eigenvalue weighted by Crippen LogP contribution is -2.49. The van der Waals surface area contributed by atoms with Crippen molar-refractivity contribution in [2.75, 3.05) is 58.1 Å². The van der Waals surface area contributed by atoms with Crippen LogP contribution in [0.4, 0.5) is 0 Å². The number of thioether (sulfide) groups is 1. The maximum atomic E-state index is 4.85. The van der Waals surface area contributed by atoms with Gasteiger partial charge in [0.15, 0.2) is 5.17 Å². The van der Waals surface area contributed by atoms with E-state index in [1.807, 2.05) is 11.8 Å². The van der Waals surface area contributed by atoms with Gasteiger partial charge < -0.3 is 14.7 Å². The topological polar surface area (TPSA) is 22.1 Å². The summed E-state index contributed by atoms with van der Waals surface area (Å²) in [5.41, 5.74) is 0. The Labute approximate surface area is 141 Å². The van der Waals surface area contributed by atoms with E-state index in [2.05, 4.69) is 35.5 Å². The maximum absolute atomic E-state index is 4.85. The molecular formula is C17H34N4S. The van der Waals surface area contributed by atoms with Crippen LogP contribution in [0.3, 0.4) is 0 Å². The standard InChI is InChI=1S/C17H34N4S/c1-4-19(5-2)13-14-21(17-18-10-7-15-22-17)16-8-11-20(6-3)12-9-16/h16H,4-15H2,1-3H3. The van der Waals surface area contributed by atoms with Gasteiger partial charge in [0.25, 0.3) is 0 Å². The first kappa shape index (κ1) is 18.1. The Bertz CT molecular complexity index is 336. The van der Waals surface area contributed by atoms with E-state index in [4.69, 9.17) is 4.99 Å². The van der Waals surface area contributed by atoms with Gasteiger partial charge in [-0.25, -0.2) is 0 Å². The molecule has 2 aliphatic heterocycles. The second-order valence-corrected chi connectivity index (χ2v) is 7.31. The van der Waals surface area contributed by atoms with Crippen LogP contribution in [0.1, 0.15) is 40.0 Å². The van der Waals surface area contributed by atoms with Crippen LogP contribution >= 0.6 is 11.8 Å². The average molecular weight is 327 g/mol. The van der Waals surface area contributed by atoms with Crippen LogP contribution in [0.5, 0.6) is 0 Å². The Morgan fingerprint density at radius 1 is 1.14 bits per heavy atom. The van der Waals surface area contributed by atoms with Crippen LogP contribution in [-0.4, -0.2) is 84.0 Å². The summed E-state index contributed by atoms with van der Waals surface area (Å²) in [5.74, 6) is 1.24. The molecule has 1 fully saturated rings. The van der Waals surface area contributed by atoms with Gasteiger partial charge in [-0.2, -0.15) is 0 Å². The molecule has 0 radical (unpaired) electrons. The highest BCUT2D eigenvalue weighted by molar-refractivity contribution is 8.13. The highest BCUT2D eigenvalue weighted by atomic mass is 32.2. The molecule has 0 aromatic carbocycles. The summed E-state index contributed by atoms with van der Waals surface area (Å²) in [6.45, 7) is 16.1. The van der Waals surface area contributed by atoms with Crippen molar-refractivity contribution in [2.45, 2.75) is 46.1 Å². The van der Waals surface area contributed by atoms with Crippen LogP contribution in [0.15, 0.2) is 4.99 Å². The summed E-state index contributed by atoms with van der Waals surface area (Å²) in [6, 6.07) is 0.697. The second-order valence-electron chi connectivity index (χ2n) is 6.25. The lowest BCUT2D eigenvalue weighted by molar-refractivity contribution is 0.150. The van der Waals surface area contributed by atoms with Gasteiger partial charge in [-0.05, 0) is 38.9 Å². The average Bonchev–Trinajstić information content (AvgIpc) is 2.60. The minimum atomic E-state index is 0.697. The highest BCUT2D eigenvalue weighted by Crippen LogP contribution is 2.23. The van der Waals surface area contributed by atoms with Crippen LogP contribution in [0, 0.1) is 0 Å². The van der Waals surface area contributed by atoms with Crippen LogP contribution in [0.2, 0.25) is 0 Å². The summed E-state index contributed by atoms with van der Waals surface area (Å²) in [7, 11) is 0. The fraction of sp³-hybridized carbons (Fsp3) is 0.941. The molecular weight excluding hydrogens is 292 g/mol. The minimum absolute atomic E-state index is 0.697. The normalized spacial score (nSPS) is 21.2. The van der Waals surface area contributed by atoms with E-state index in [1.54, 1.807) is 0 Å². The Kier molecular flexibility index (Phi) is 8.04. The SMILES string of the molecule is CCN(CC)CCN(C1=NCCCS1)C1CCN(CC)CC1. The van der Waals surface area contributed by atoms with Crippen molar-refractivity contribution in [3.05, 3.63) is 0 Å². The molecule has 2 aliphatic rings. The number of likely N-dealkylation sites (tertiary alicyclic amines) is 1. The van der Waals surface area contributed by atoms with E-state index in [-0.39, 0.29) is 0 Å². The molecule has 2 rings (SSSR count). The third-order valence-electron chi connectivity index (χ3n) is 5.02. The van der Waals surface area contributed by atoms with Crippen molar-refractivity contribution in [1.82, 2.24) is 14.7 Å². The first-order valence-corrected chi connectivity index (χ1v) is 10.2. The zero-order chi connectivity index (χ0) is 15.8. The molecule has 22 heavy (non-hydrogen) atoms. The predicted molar refractivity (Wildman–Crippen MR) is 99.0 cm³/mol. The van der Waals surface area contributed by atoms with E-state index < -0.39 is 0 Å². The zero-order valence-corrected chi connectivity index (χ0v) is 15.6. The van der Waals surface area contributed by atoms with E-state index in [9.17, 15) is 0 Å². The summed E-state index contributed by atoms with van der Waals surface area (Å²) < 4.78 is 0. The molecule has 4 nitrogen and oxygen atoms in total. The summed E-state index contributed by atoms with van der Waals surface area (Å²) in [6.07, 6.45) is 3.84. The Morgan fingerprint density at radius 3 is 2.41 bits per heavy atom. The molecule has 0 atom stereocenters. The van der Waals surface area contributed by atoms with E-state index in [1.165, 1.54) is 56.4 Å². The Hall–Kier alpha value is -0.260. The molecule has 0 N–H and O–H groups in total. The lowest BCUT2D eigenvalue weighted by Gasteiger charge is -2.41. The molecule has 128 valence electrons. The molecule has 0 saturated carbocycles. The van der Waals surface area contributed by atoms with Crippen molar-refractivity contribution in [3.8, 4) is 0 Å². The number of rotatable bonds is 7. The van der Waals surface area contributed by atoms with Crippen LogP contribution in [0.25, 0.3) is 0 Å². The summed E-state index contributed by atoms with van der Waals surface area (Å²) in [5, 5.41) is 1.33. The van der Waals surface area contributed by atoms with Gasteiger partial charge in [-0.15, -0.1) is 0 Å². The maximum Gasteiger partial charge on any atom is 0.159 e. The minimum Gasteiger partial charge on any atom is -0.347 e. The molecule has 0 spiro atoms. The highest BCUT2D eigenvalue weighted by Gasteiger charge is 2.27. The molecule has 0 amide bonds. The van der Waals surface area contributed by atoms with Gasteiger partial charge in [-0.1, -0.05) is 32.5 Å². The molecule has 5 heteroatoms.